The van der Waals surface area contributed by atoms with E-state index in [1.165, 1.54) is 49.4 Å². The van der Waals surface area contributed by atoms with Gasteiger partial charge in [-0.05, 0) is 36.8 Å². The Morgan fingerprint density at radius 2 is 1.79 bits per heavy atom. The molecule has 2 aromatic rings. The SMILES string of the molecule is CC(=O)Nc1ccc(S(=O)(=O)C2CC(C(=O)O)NC2c2ccccc2F)cc1. The molecule has 0 saturated carbocycles. The summed E-state index contributed by atoms with van der Waals surface area (Å²) in [6, 6.07) is 9.17. The van der Waals surface area contributed by atoms with Crippen LogP contribution in [0.15, 0.2) is 53.4 Å². The number of rotatable bonds is 5. The molecule has 1 heterocycles. The number of carboxylic acid groups (broad SMARTS) is 1. The normalized spacial score (nSPS) is 22.0. The summed E-state index contributed by atoms with van der Waals surface area (Å²) in [7, 11) is -3.97. The molecule has 1 aliphatic heterocycles. The van der Waals surface area contributed by atoms with Gasteiger partial charge in [0.05, 0.1) is 16.2 Å². The van der Waals surface area contributed by atoms with Gasteiger partial charge in [0.25, 0.3) is 0 Å². The van der Waals surface area contributed by atoms with Gasteiger partial charge >= 0.3 is 5.97 Å². The number of anilines is 1. The first-order chi connectivity index (χ1) is 13.2. The van der Waals surface area contributed by atoms with Crippen LogP contribution in [0, 0.1) is 5.82 Å². The second-order valence-electron chi connectivity index (χ2n) is 6.58. The third-order valence-electron chi connectivity index (χ3n) is 4.66. The lowest BCUT2D eigenvalue weighted by atomic mass is 10.0. The van der Waals surface area contributed by atoms with Gasteiger partial charge in [-0.15, -0.1) is 0 Å². The van der Waals surface area contributed by atoms with Crippen LogP contribution in [0.4, 0.5) is 10.1 Å². The lowest BCUT2D eigenvalue weighted by molar-refractivity contribution is -0.139. The van der Waals surface area contributed by atoms with Crippen LogP contribution in [0.5, 0.6) is 0 Å². The first-order valence-corrected chi connectivity index (χ1v) is 10.1. The summed E-state index contributed by atoms with van der Waals surface area (Å²) in [6.45, 7) is 1.33. The number of benzene rings is 2. The van der Waals surface area contributed by atoms with Crippen LogP contribution >= 0.6 is 0 Å². The van der Waals surface area contributed by atoms with E-state index in [0.29, 0.717) is 5.69 Å². The molecule has 0 radical (unpaired) electrons. The molecule has 1 fully saturated rings. The number of hydrogen-bond acceptors (Lipinski definition) is 5. The van der Waals surface area contributed by atoms with Crippen LogP contribution in [0.2, 0.25) is 0 Å². The maximum Gasteiger partial charge on any atom is 0.320 e. The van der Waals surface area contributed by atoms with Gasteiger partial charge in [0.2, 0.25) is 5.91 Å². The second kappa shape index (κ2) is 7.69. The zero-order valence-corrected chi connectivity index (χ0v) is 15.7. The maximum atomic E-state index is 14.3. The van der Waals surface area contributed by atoms with Crippen LogP contribution in [0.25, 0.3) is 0 Å². The molecule has 28 heavy (non-hydrogen) atoms. The van der Waals surface area contributed by atoms with Crippen molar-refractivity contribution in [1.29, 1.82) is 0 Å². The number of carboxylic acids is 1. The zero-order valence-electron chi connectivity index (χ0n) is 14.9. The Kier molecular flexibility index (Phi) is 5.48. The van der Waals surface area contributed by atoms with Crippen molar-refractivity contribution < 1.29 is 27.5 Å². The quantitative estimate of drug-likeness (QED) is 0.701. The van der Waals surface area contributed by atoms with E-state index in [4.69, 9.17) is 0 Å². The van der Waals surface area contributed by atoms with Gasteiger partial charge in [0.1, 0.15) is 11.9 Å². The van der Waals surface area contributed by atoms with Crippen molar-refractivity contribution >= 4 is 27.4 Å². The van der Waals surface area contributed by atoms with Gasteiger partial charge in [-0.3, -0.25) is 14.9 Å². The minimum Gasteiger partial charge on any atom is -0.480 e. The Labute approximate surface area is 161 Å². The summed E-state index contributed by atoms with van der Waals surface area (Å²) in [5.74, 6) is -2.09. The minimum atomic E-state index is -3.97. The number of amides is 1. The smallest absolute Gasteiger partial charge is 0.320 e. The number of carbonyl (C=O) groups excluding carboxylic acids is 1. The molecule has 1 amide bonds. The van der Waals surface area contributed by atoms with Crippen molar-refractivity contribution in [3.05, 3.63) is 59.9 Å². The average Bonchev–Trinajstić information content (AvgIpc) is 3.08. The van der Waals surface area contributed by atoms with E-state index in [1.807, 2.05) is 0 Å². The van der Waals surface area contributed by atoms with Gasteiger partial charge in [0.15, 0.2) is 9.84 Å². The van der Waals surface area contributed by atoms with E-state index >= 15 is 0 Å². The van der Waals surface area contributed by atoms with Crippen molar-refractivity contribution in [3.8, 4) is 0 Å². The fourth-order valence-electron chi connectivity index (χ4n) is 3.36. The highest BCUT2D eigenvalue weighted by molar-refractivity contribution is 7.92. The number of sulfone groups is 1. The number of aliphatic carboxylic acids is 1. The third-order valence-corrected chi connectivity index (χ3v) is 6.85. The first-order valence-electron chi connectivity index (χ1n) is 8.55. The Morgan fingerprint density at radius 3 is 2.36 bits per heavy atom. The highest BCUT2D eigenvalue weighted by Crippen LogP contribution is 2.36. The lowest BCUT2D eigenvalue weighted by Gasteiger charge is -2.21. The minimum absolute atomic E-state index is 0.0271. The number of carbonyl (C=O) groups is 2. The summed E-state index contributed by atoms with van der Waals surface area (Å²) in [6.07, 6.45) is -0.190. The molecule has 3 rings (SSSR count). The summed E-state index contributed by atoms with van der Waals surface area (Å²) in [4.78, 5) is 22.5. The summed E-state index contributed by atoms with van der Waals surface area (Å²) in [5, 5.41) is 13.5. The molecule has 9 heteroatoms. The molecule has 1 aliphatic rings. The molecule has 148 valence electrons. The van der Waals surface area contributed by atoms with Gasteiger partial charge < -0.3 is 10.4 Å². The van der Waals surface area contributed by atoms with Crippen molar-refractivity contribution in [2.75, 3.05) is 5.32 Å². The van der Waals surface area contributed by atoms with Crippen LogP contribution in [-0.2, 0) is 19.4 Å². The molecule has 3 atom stereocenters. The van der Waals surface area contributed by atoms with Crippen molar-refractivity contribution in [3.63, 3.8) is 0 Å². The first kappa shape index (κ1) is 20.0. The van der Waals surface area contributed by atoms with Crippen molar-refractivity contribution in [2.45, 2.75) is 35.6 Å². The molecule has 2 aromatic carbocycles. The van der Waals surface area contributed by atoms with Gasteiger partial charge in [-0.1, -0.05) is 18.2 Å². The Bertz CT molecular complexity index is 1010. The monoisotopic (exact) mass is 406 g/mol. The predicted octanol–water partition coefficient (Wildman–Crippen LogP) is 2.11. The number of nitrogens with one attached hydrogen (secondary N) is 2. The molecule has 0 aliphatic carbocycles. The highest BCUT2D eigenvalue weighted by Gasteiger charge is 2.46. The third kappa shape index (κ3) is 3.90. The van der Waals surface area contributed by atoms with E-state index < -0.39 is 39.0 Å². The van der Waals surface area contributed by atoms with E-state index in [2.05, 4.69) is 10.6 Å². The van der Waals surface area contributed by atoms with Crippen LogP contribution < -0.4 is 10.6 Å². The Hall–Kier alpha value is -2.78. The molecule has 0 bridgehead atoms. The standard InChI is InChI=1S/C19H19FN2O5S/c1-11(23)21-12-6-8-13(9-7-12)28(26,27)17-10-16(19(24)25)22-18(17)14-4-2-3-5-15(14)20/h2-9,16-18,22H,10H2,1H3,(H,21,23)(H,24,25). The molecular formula is C19H19FN2O5S. The van der Waals surface area contributed by atoms with Crippen LogP contribution in [-0.4, -0.2) is 36.7 Å². The zero-order chi connectivity index (χ0) is 20.5. The summed E-state index contributed by atoms with van der Waals surface area (Å²) < 4.78 is 40.7. The molecule has 1 saturated heterocycles. The Morgan fingerprint density at radius 1 is 1.14 bits per heavy atom. The fraction of sp³-hybridized carbons (Fsp3) is 0.263. The van der Waals surface area contributed by atoms with Crippen LogP contribution in [0.1, 0.15) is 24.9 Å². The average molecular weight is 406 g/mol. The Balaban J connectivity index is 1.98. The van der Waals surface area contributed by atoms with E-state index in [9.17, 15) is 27.5 Å². The molecule has 3 unspecified atom stereocenters. The summed E-state index contributed by atoms with van der Waals surface area (Å²) in [5.41, 5.74) is 0.541. The van der Waals surface area contributed by atoms with Crippen molar-refractivity contribution in [1.82, 2.24) is 5.32 Å². The lowest BCUT2D eigenvalue weighted by Crippen LogP contribution is -2.33. The van der Waals surface area contributed by atoms with Gasteiger partial charge in [-0.2, -0.15) is 0 Å². The number of halogens is 1. The van der Waals surface area contributed by atoms with Crippen molar-refractivity contribution in [2.24, 2.45) is 0 Å². The molecule has 0 spiro atoms. The maximum absolute atomic E-state index is 14.3. The van der Waals surface area contributed by atoms with Gasteiger partial charge in [-0.25, -0.2) is 12.8 Å². The van der Waals surface area contributed by atoms with E-state index in [0.717, 1.165) is 0 Å². The summed E-state index contributed by atoms with van der Waals surface area (Å²) >= 11 is 0. The highest BCUT2D eigenvalue weighted by atomic mass is 32.2. The van der Waals surface area contributed by atoms with E-state index in [1.54, 1.807) is 6.07 Å². The molecular weight excluding hydrogens is 387 g/mol. The van der Waals surface area contributed by atoms with Crippen LogP contribution in [0.3, 0.4) is 0 Å². The molecule has 3 N–H and O–H groups in total. The fourth-order valence-corrected chi connectivity index (χ4v) is 5.26. The van der Waals surface area contributed by atoms with E-state index in [-0.39, 0.29) is 22.8 Å². The second-order valence-corrected chi connectivity index (χ2v) is 8.75. The predicted molar refractivity (Wildman–Crippen MR) is 100 cm³/mol. The number of hydrogen-bond donors (Lipinski definition) is 3. The largest absolute Gasteiger partial charge is 0.480 e. The topological polar surface area (TPSA) is 113 Å². The molecule has 7 nitrogen and oxygen atoms in total. The molecule has 0 aromatic heterocycles. The van der Waals surface area contributed by atoms with Gasteiger partial charge in [0, 0.05) is 18.2 Å².